The topological polar surface area (TPSA) is 104 Å². The molecule has 1 aromatic heterocycles. The minimum atomic E-state index is -3.70. The number of fused-ring (bicyclic) bond motifs is 1. The molecule has 0 amide bonds. The lowest BCUT2D eigenvalue weighted by atomic mass is 10.1. The number of carboxylic acids is 1. The lowest BCUT2D eigenvalue weighted by molar-refractivity contribution is -0.136. The van der Waals surface area contributed by atoms with E-state index in [0.29, 0.717) is 43.3 Å². The number of carboxylic acid groups (broad SMARTS) is 1. The van der Waals surface area contributed by atoms with Crippen LogP contribution in [0, 0.1) is 6.92 Å². The molecule has 0 unspecified atom stereocenters. The summed E-state index contributed by atoms with van der Waals surface area (Å²) in [6.45, 7) is 3.28. The van der Waals surface area contributed by atoms with Gasteiger partial charge in [-0.15, -0.1) is 0 Å². The van der Waals surface area contributed by atoms with E-state index in [1.807, 2.05) is 29.2 Å². The minimum absolute atomic E-state index is 0.120. The summed E-state index contributed by atoms with van der Waals surface area (Å²) in [4.78, 5) is 17.6. The van der Waals surface area contributed by atoms with Crippen LogP contribution in [0.2, 0.25) is 0 Å². The van der Waals surface area contributed by atoms with E-state index in [1.165, 1.54) is 16.4 Å². The van der Waals surface area contributed by atoms with E-state index in [2.05, 4.69) is 4.98 Å². The van der Waals surface area contributed by atoms with Crippen LogP contribution < -0.4 is 4.90 Å². The lowest BCUT2D eigenvalue weighted by Gasteiger charge is -2.33. The zero-order chi connectivity index (χ0) is 20.6. The molecule has 0 bridgehead atoms. The molecule has 1 saturated heterocycles. The Morgan fingerprint density at radius 2 is 1.86 bits per heavy atom. The van der Waals surface area contributed by atoms with E-state index < -0.39 is 16.0 Å². The number of aliphatic carboxylic acids is 1. The summed E-state index contributed by atoms with van der Waals surface area (Å²) < 4.78 is 33.3. The van der Waals surface area contributed by atoms with E-state index >= 15 is 0 Å². The maximum atomic E-state index is 13.0. The number of hydrogen-bond donors (Lipinski definition) is 1. The zero-order valence-electron chi connectivity index (χ0n) is 15.9. The number of anilines is 1. The second-order valence-electron chi connectivity index (χ2n) is 7.01. The van der Waals surface area contributed by atoms with Crippen LogP contribution in [0.3, 0.4) is 0 Å². The van der Waals surface area contributed by atoms with Crippen molar-refractivity contribution in [3.8, 4) is 0 Å². The van der Waals surface area contributed by atoms with Gasteiger partial charge in [-0.25, -0.2) is 8.42 Å². The number of sulfonamides is 1. The highest BCUT2D eigenvalue weighted by molar-refractivity contribution is 7.89. The molecule has 1 fully saturated rings. The summed E-state index contributed by atoms with van der Waals surface area (Å²) in [5.41, 5.74) is 2.72. The third-order valence-electron chi connectivity index (χ3n) is 5.09. The Morgan fingerprint density at radius 3 is 2.55 bits per heavy atom. The number of rotatable bonds is 5. The minimum Gasteiger partial charge on any atom is -0.481 e. The first-order valence-corrected chi connectivity index (χ1v) is 10.7. The van der Waals surface area contributed by atoms with Gasteiger partial charge in [-0.1, -0.05) is 18.2 Å². The van der Waals surface area contributed by atoms with E-state index in [-0.39, 0.29) is 11.3 Å². The Bertz CT molecular complexity index is 1130. The van der Waals surface area contributed by atoms with Gasteiger partial charge in [0, 0.05) is 26.2 Å². The molecular weight excluding hydrogens is 394 g/mol. The van der Waals surface area contributed by atoms with Gasteiger partial charge in [-0.05, 0) is 42.3 Å². The molecule has 29 heavy (non-hydrogen) atoms. The van der Waals surface area contributed by atoms with Gasteiger partial charge in [0.2, 0.25) is 10.0 Å². The Hall–Kier alpha value is -2.91. The van der Waals surface area contributed by atoms with Crippen molar-refractivity contribution in [3.05, 3.63) is 53.6 Å². The normalized spacial score (nSPS) is 15.7. The number of para-hydroxylation sites is 2. The summed E-state index contributed by atoms with van der Waals surface area (Å²) >= 11 is 0. The van der Waals surface area contributed by atoms with Gasteiger partial charge in [0.25, 0.3) is 6.01 Å². The van der Waals surface area contributed by atoms with E-state index in [4.69, 9.17) is 9.52 Å². The second-order valence-corrected chi connectivity index (χ2v) is 8.95. The molecule has 0 atom stereocenters. The fourth-order valence-electron chi connectivity index (χ4n) is 3.43. The highest BCUT2D eigenvalue weighted by Crippen LogP contribution is 2.25. The highest BCUT2D eigenvalue weighted by atomic mass is 32.2. The van der Waals surface area contributed by atoms with Crippen LogP contribution in [0.5, 0.6) is 0 Å². The molecule has 8 nitrogen and oxygen atoms in total. The SMILES string of the molecule is Cc1ccc(S(=O)(=O)N2CCN(c3nc4ccccc4o3)CC2)cc1CC(=O)O. The first-order chi connectivity index (χ1) is 13.8. The number of hydrogen-bond acceptors (Lipinski definition) is 6. The van der Waals surface area contributed by atoms with Crippen molar-refractivity contribution in [2.24, 2.45) is 0 Å². The van der Waals surface area contributed by atoms with Crippen molar-refractivity contribution in [1.82, 2.24) is 9.29 Å². The number of oxazole rings is 1. The Labute approximate surface area is 168 Å². The first kappa shape index (κ1) is 19.4. The molecule has 0 spiro atoms. The molecule has 152 valence electrons. The summed E-state index contributed by atoms with van der Waals surface area (Å²) in [7, 11) is -3.70. The van der Waals surface area contributed by atoms with E-state index in [9.17, 15) is 13.2 Å². The van der Waals surface area contributed by atoms with Gasteiger partial charge < -0.3 is 14.4 Å². The van der Waals surface area contributed by atoms with Crippen molar-refractivity contribution < 1.29 is 22.7 Å². The maximum absolute atomic E-state index is 13.0. The van der Waals surface area contributed by atoms with Gasteiger partial charge in [0.05, 0.1) is 11.3 Å². The second kappa shape index (κ2) is 7.49. The average Bonchev–Trinajstić information content (AvgIpc) is 3.13. The maximum Gasteiger partial charge on any atom is 0.307 e. The molecule has 1 aliphatic rings. The van der Waals surface area contributed by atoms with Crippen LogP contribution in [-0.2, 0) is 21.2 Å². The number of aromatic nitrogens is 1. The third-order valence-corrected chi connectivity index (χ3v) is 6.99. The number of piperazine rings is 1. The molecule has 0 radical (unpaired) electrons. The Kier molecular flexibility index (Phi) is 5.01. The highest BCUT2D eigenvalue weighted by Gasteiger charge is 2.30. The molecule has 4 rings (SSSR count). The van der Waals surface area contributed by atoms with Crippen LogP contribution in [0.4, 0.5) is 6.01 Å². The fourth-order valence-corrected chi connectivity index (χ4v) is 4.90. The number of benzene rings is 2. The van der Waals surface area contributed by atoms with Crippen LogP contribution in [0.25, 0.3) is 11.1 Å². The summed E-state index contributed by atoms with van der Waals surface area (Å²) in [5.74, 6) is -0.991. The lowest BCUT2D eigenvalue weighted by Crippen LogP contribution is -2.48. The zero-order valence-corrected chi connectivity index (χ0v) is 16.7. The first-order valence-electron chi connectivity index (χ1n) is 9.26. The van der Waals surface area contributed by atoms with Crippen molar-refractivity contribution in [2.75, 3.05) is 31.1 Å². The monoisotopic (exact) mass is 415 g/mol. The van der Waals surface area contributed by atoms with Gasteiger partial charge in [-0.3, -0.25) is 4.79 Å². The van der Waals surface area contributed by atoms with Crippen molar-refractivity contribution >= 4 is 33.1 Å². The van der Waals surface area contributed by atoms with E-state index in [1.54, 1.807) is 13.0 Å². The van der Waals surface area contributed by atoms with Crippen LogP contribution in [0.1, 0.15) is 11.1 Å². The molecule has 2 heterocycles. The molecule has 2 aromatic carbocycles. The fraction of sp³-hybridized carbons (Fsp3) is 0.300. The summed E-state index contributed by atoms with van der Waals surface area (Å²) in [6, 6.07) is 12.6. The standard InChI is InChI=1S/C20H21N3O5S/c1-14-6-7-16(12-15(14)13-19(24)25)29(26,27)23-10-8-22(9-11-23)20-21-17-4-2-3-5-18(17)28-20/h2-7,12H,8-11,13H2,1H3,(H,24,25). The summed E-state index contributed by atoms with van der Waals surface area (Å²) in [5, 5.41) is 9.04. The molecular formula is C20H21N3O5S. The molecule has 1 aliphatic heterocycles. The predicted molar refractivity (Wildman–Crippen MR) is 107 cm³/mol. The predicted octanol–water partition coefficient (Wildman–Crippen LogP) is 2.27. The smallest absolute Gasteiger partial charge is 0.307 e. The third kappa shape index (κ3) is 3.83. The number of carbonyl (C=O) groups is 1. The van der Waals surface area contributed by atoms with Gasteiger partial charge in [0.1, 0.15) is 5.52 Å². The van der Waals surface area contributed by atoms with Gasteiger partial charge >= 0.3 is 5.97 Å². The van der Waals surface area contributed by atoms with Crippen molar-refractivity contribution in [2.45, 2.75) is 18.2 Å². The molecule has 1 N–H and O–H groups in total. The van der Waals surface area contributed by atoms with Crippen LogP contribution in [0.15, 0.2) is 51.8 Å². The molecule has 0 aliphatic carbocycles. The molecule has 0 saturated carbocycles. The molecule has 3 aromatic rings. The summed E-state index contributed by atoms with van der Waals surface area (Å²) in [6.07, 6.45) is -0.208. The Morgan fingerprint density at radius 1 is 1.14 bits per heavy atom. The average molecular weight is 415 g/mol. The van der Waals surface area contributed by atoms with E-state index in [0.717, 1.165) is 11.1 Å². The van der Waals surface area contributed by atoms with Crippen molar-refractivity contribution in [1.29, 1.82) is 0 Å². The number of nitrogens with zero attached hydrogens (tertiary/aromatic N) is 3. The van der Waals surface area contributed by atoms with Crippen LogP contribution >= 0.6 is 0 Å². The van der Waals surface area contributed by atoms with Gasteiger partial charge in [0.15, 0.2) is 5.58 Å². The number of aryl methyl sites for hydroxylation is 1. The quantitative estimate of drug-likeness (QED) is 0.682. The molecule has 9 heteroatoms. The largest absolute Gasteiger partial charge is 0.481 e. The Balaban J connectivity index is 1.50. The van der Waals surface area contributed by atoms with Crippen LogP contribution in [-0.4, -0.2) is 55.0 Å². The van der Waals surface area contributed by atoms with Crippen molar-refractivity contribution in [3.63, 3.8) is 0 Å². The van der Waals surface area contributed by atoms with Gasteiger partial charge in [-0.2, -0.15) is 9.29 Å².